The molecule has 0 aromatic carbocycles. The molecule has 3 heterocycles. The van der Waals surface area contributed by atoms with Crippen molar-refractivity contribution in [3.63, 3.8) is 0 Å². The summed E-state index contributed by atoms with van der Waals surface area (Å²) in [5.74, 6) is 0.387. The van der Waals surface area contributed by atoms with Crippen LogP contribution in [0.15, 0.2) is 37.9 Å². The summed E-state index contributed by atoms with van der Waals surface area (Å²) >= 11 is 2.68. The van der Waals surface area contributed by atoms with Crippen LogP contribution in [0.1, 0.15) is 1.43 Å². The number of nitrogens with one attached hydrogen (secondary N) is 2. The molecule has 0 bridgehead atoms. The first kappa shape index (κ1) is 18.8. The van der Waals surface area contributed by atoms with Crippen LogP contribution in [0.5, 0.6) is 5.75 Å². The van der Waals surface area contributed by atoms with Crippen molar-refractivity contribution in [1.82, 2.24) is 15.0 Å². The quantitative estimate of drug-likeness (QED) is 0.332. The van der Waals surface area contributed by atoms with Gasteiger partial charge in [0.2, 0.25) is 0 Å². The molecule has 0 saturated heterocycles. The zero-order chi connectivity index (χ0) is 15.7. The smallest absolute Gasteiger partial charge is 1.00 e. The van der Waals surface area contributed by atoms with Gasteiger partial charge >= 0.3 is 37.2 Å². The molecule has 0 aliphatic rings. The van der Waals surface area contributed by atoms with Crippen molar-refractivity contribution in [1.29, 1.82) is 0 Å². The number of nitrogens with zero attached hydrogens (tertiary/aromatic N) is 1. The van der Waals surface area contributed by atoms with Gasteiger partial charge in [0.15, 0.2) is 6.35 Å². The molecule has 3 rings (SSSR count). The molecule has 0 unspecified atom stereocenters. The molecular formula is C11H11N3NaO5PS2. The summed E-state index contributed by atoms with van der Waals surface area (Å²) < 4.78 is 16.8. The second kappa shape index (κ2) is 7.54. The van der Waals surface area contributed by atoms with Crippen molar-refractivity contribution >= 4 is 41.7 Å². The van der Waals surface area contributed by atoms with E-state index >= 15 is 0 Å². The van der Waals surface area contributed by atoms with Gasteiger partial charge in [-0.15, -0.1) is 11.3 Å². The zero-order valence-corrected chi connectivity index (χ0v) is 16.4. The minimum absolute atomic E-state index is 0. The first-order valence-corrected chi connectivity index (χ1v) is 9.41. The molecule has 0 atom stereocenters. The Hall–Kier alpha value is -0.580. The van der Waals surface area contributed by atoms with Gasteiger partial charge in [-0.3, -0.25) is 9.36 Å². The van der Waals surface area contributed by atoms with Crippen molar-refractivity contribution in [3.8, 4) is 5.75 Å². The number of thiophene rings is 1. The summed E-state index contributed by atoms with van der Waals surface area (Å²) in [6.07, 6.45) is 2.30. The fourth-order valence-electron chi connectivity index (χ4n) is 1.72. The second-order valence-corrected chi connectivity index (χ2v) is 8.03. The predicted octanol–water partition coefficient (Wildman–Crippen LogP) is -0.906. The molecule has 12 heteroatoms. The maximum absolute atomic E-state index is 11.6. The first-order chi connectivity index (χ1) is 10.4. The summed E-state index contributed by atoms with van der Waals surface area (Å²) in [5, 5.41) is 1.76. The Morgan fingerprint density at radius 1 is 1.43 bits per heavy atom. The van der Waals surface area contributed by atoms with Gasteiger partial charge in [-0.2, -0.15) is 0 Å². The minimum Gasteiger partial charge on any atom is -1.00 e. The summed E-state index contributed by atoms with van der Waals surface area (Å²) in [5.41, 5.74) is 0.642. The van der Waals surface area contributed by atoms with E-state index in [4.69, 9.17) is 14.5 Å². The van der Waals surface area contributed by atoms with E-state index in [1.807, 2.05) is 0 Å². The molecule has 3 aromatic rings. The third-order valence-corrected chi connectivity index (χ3v) is 5.23. The molecular weight excluding hydrogens is 372 g/mol. The standard InChI is InChI=1S/C11H10N3O5PS2.Na.H/c15-10-9-8(13-4-14-10)7(3-12-9)22-11-6(1-2-21-11)19-5-20(16,17)18;;/h1-4,12H,5H2,(H,13,14,15)(H2,16,17,18);;/q;+1;-1. The SMILES string of the molecule is O=c1[nH]cnc2c(Sc3sccc3OCP(=O)(O)O)c[nH]c12.[H-].[Na+]. The van der Waals surface area contributed by atoms with Gasteiger partial charge in [-0.25, -0.2) is 4.98 Å². The second-order valence-electron chi connectivity index (χ2n) is 4.22. The molecule has 3 aromatic heterocycles. The minimum atomic E-state index is -4.23. The van der Waals surface area contributed by atoms with Crippen LogP contribution in [0.2, 0.25) is 0 Å². The fourth-order valence-corrected chi connectivity index (χ4v) is 4.01. The van der Waals surface area contributed by atoms with Crippen molar-refractivity contribution in [3.05, 3.63) is 34.3 Å². The van der Waals surface area contributed by atoms with Gasteiger partial charge in [0.25, 0.3) is 5.56 Å². The molecule has 0 radical (unpaired) electrons. The molecule has 118 valence electrons. The van der Waals surface area contributed by atoms with E-state index in [-0.39, 0.29) is 36.5 Å². The maximum Gasteiger partial charge on any atom is 1.00 e. The number of aromatic amines is 2. The summed E-state index contributed by atoms with van der Waals surface area (Å²) in [6.45, 7) is 0. The summed E-state index contributed by atoms with van der Waals surface area (Å²) in [7, 11) is -4.23. The van der Waals surface area contributed by atoms with Gasteiger partial charge < -0.3 is 25.9 Å². The molecule has 23 heavy (non-hydrogen) atoms. The van der Waals surface area contributed by atoms with Crippen LogP contribution < -0.4 is 39.9 Å². The third kappa shape index (κ3) is 4.49. The van der Waals surface area contributed by atoms with E-state index in [0.29, 0.717) is 16.8 Å². The molecule has 8 nitrogen and oxygen atoms in total. The Morgan fingerprint density at radius 3 is 2.96 bits per heavy atom. The van der Waals surface area contributed by atoms with E-state index < -0.39 is 13.9 Å². The van der Waals surface area contributed by atoms with Crippen LogP contribution in [0.25, 0.3) is 11.0 Å². The van der Waals surface area contributed by atoms with Gasteiger partial charge in [0.1, 0.15) is 21.0 Å². The Bertz CT molecular complexity index is 924. The number of rotatable bonds is 5. The number of fused-ring (bicyclic) bond motifs is 1. The van der Waals surface area contributed by atoms with Crippen LogP contribution in [-0.4, -0.2) is 31.1 Å². The Balaban J connectivity index is 0.00000144. The Morgan fingerprint density at radius 2 is 2.22 bits per heavy atom. The average molecular weight is 383 g/mol. The van der Waals surface area contributed by atoms with Crippen LogP contribution in [0, 0.1) is 0 Å². The Labute approximate surface area is 161 Å². The van der Waals surface area contributed by atoms with Crippen LogP contribution >= 0.6 is 30.7 Å². The molecule has 0 fully saturated rings. The average Bonchev–Trinajstić information content (AvgIpc) is 3.05. The number of hydrogen-bond acceptors (Lipinski definition) is 6. The topological polar surface area (TPSA) is 128 Å². The van der Waals surface area contributed by atoms with E-state index in [2.05, 4.69) is 15.0 Å². The van der Waals surface area contributed by atoms with Crippen molar-refractivity contribution in [2.75, 3.05) is 6.35 Å². The molecule has 0 aliphatic carbocycles. The largest absolute Gasteiger partial charge is 1.00 e. The third-order valence-electron chi connectivity index (χ3n) is 2.62. The van der Waals surface area contributed by atoms with E-state index in [1.54, 1.807) is 17.6 Å². The van der Waals surface area contributed by atoms with Gasteiger partial charge in [0, 0.05) is 6.20 Å². The van der Waals surface area contributed by atoms with Crippen molar-refractivity contribution in [2.45, 2.75) is 9.10 Å². The first-order valence-electron chi connectivity index (χ1n) is 5.91. The van der Waals surface area contributed by atoms with E-state index in [1.165, 1.54) is 29.4 Å². The summed E-state index contributed by atoms with van der Waals surface area (Å²) in [4.78, 5) is 39.6. The summed E-state index contributed by atoms with van der Waals surface area (Å²) in [6, 6.07) is 1.64. The van der Waals surface area contributed by atoms with Crippen molar-refractivity contribution in [2.24, 2.45) is 0 Å². The number of H-pyrrole nitrogens is 2. The monoisotopic (exact) mass is 383 g/mol. The molecule has 0 amide bonds. The van der Waals surface area contributed by atoms with Gasteiger partial charge in [-0.1, -0.05) is 11.8 Å². The normalized spacial score (nSPS) is 11.4. The maximum atomic E-state index is 11.6. The molecule has 4 N–H and O–H groups in total. The van der Waals surface area contributed by atoms with Crippen molar-refractivity contribution < 1.29 is 50.1 Å². The van der Waals surface area contributed by atoms with Crippen LogP contribution in [0.3, 0.4) is 0 Å². The molecule has 0 spiro atoms. The molecule has 0 saturated carbocycles. The number of hydrogen-bond donors (Lipinski definition) is 4. The van der Waals surface area contributed by atoms with Crippen LogP contribution in [0.4, 0.5) is 0 Å². The van der Waals surface area contributed by atoms with E-state index in [0.717, 1.165) is 9.10 Å². The zero-order valence-electron chi connectivity index (χ0n) is 12.8. The predicted molar refractivity (Wildman–Crippen MR) is 83.8 cm³/mol. The van der Waals surface area contributed by atoms with Crippen LogP contribution in [-0.2, 0) is 4.57 Å². The van der Waals surface area contributed by atoms with Gasteiger partial charge in [0.05, 0.1) is 11.2 Å². The number of aromatic nitrogens is 3. The molecule has 0 aliphatic heterocycles. The Kier molecular flexibility index (Phi) is 6.15. The van der Waals surface area contributed by atoms with Gasteiger partial charge in [-0.05, 0) is 11.4 Å². The van der Waals surface area contributed by atoms with E-state index in [9.17, 15) is 9.36 Å². The number of ether oxygens (including phenoxy) is 1. The fraction of sp³-hybridized carbons (Fsp3) is 0.0909.